The van der Waals surface area contributed by atoms with Gasteiger partial charge in [0.05, 0.1) is 20.3 Å². The smallest absolute Gasteiger partial charge is 0.298 e. The first-order valence-electron chi connectivity index (χ1n) is 14.6. The lowest BCUT2D eigenvalue weighted by Crippen LogP contribution is -2.49. The molecule has 2 heterocycles. The van der Waals surface area contributed by atoms with Crippen molar-refractivity contribution in [1.29, 1.82) is 0 Å². The van der Waals surface area contributed by atoms with Gasteiger partial charge in [-0.2, -0.15) is 9.36 Å². The highest BCUT2D eigenvalue weighted by atomic mass is 32.1. The van der Waals surface area contributed by atoms with E-state index in [2.05, 4.69) is 62.8 Å². The molecule has 9 heteroatoms. The third-order valence-electron chi connectivity index (χ3n) is 7.75. The van der Waals surface area contributed by atoms with Crippen LogP contribution in [0.2, 0.25) is 0 Å². The van der Waals surface area contributed by atoms with Gasteiger partial charge in [0.1, 0.15) is 5.75 Å². The van der Waals surface area contributed by atoms with E-state index in [4.69, 9.17) is 14.2 Å². The summed E-state index contributed by atoms with van der Waals surface area (Å²) in [6.45, 7) is 2.78. The summed E-state index contributed by atoms with van der Waals surface area (Å²) in [5, 5.41) is 0.382. The number of hydrogen-bond donors (Lipinski definition) is 0. The van der Waals surface area contributed by atoms with Crippen LogP contribution in [-0.2, 0) is 6.42 Å². The van der Waals surface area contributed by atoms with Crippen molar-refractivity contribution in [2.75, 3.05) is 40.4 Å². The number of hydrogen-bond acceptors (Lipinski definition) is 8. The lowest BCUT2D eigenvalue weighted by atomic mass is 9.96. The van der Waals surface area contributed by atoms with Crippen LogP contribution in [0.5, 0.6) is 22.4 Å². The second kappa shape index (κ2) is 13.7. The predicted molar refractivity (Wildman–Crippen MR) is 171 cm³/mol. The monoisotopic (exact) mass is 606 g/mol. The molecule has 0 spiro atoms. The predicted octanol–water partition coefficient (Wildman–Crippen LogP) is 6.49. The first kappa shape index (κ1) is 29.3. The van der Waals surface area contributed by atoms with E-state index in [0.29, 0.717) is 47.6 Å². The molecular weight excluding hydrogens is 572 g/mol. The molecule has 0 saturated carbocycles. The summed E-state index contributed by atoms with van der Waals surface area (Å²) >= 11 is 1.16. The second-order valence-electron chi connectivity index (χ2n) is 10.5. The van der Waals surface area contributed by atoms with Crippen LogP contribution in [0.15, 0.2) is 103 Å². The Balaban J connectivity index is 1.13. The Morgan fingerprint density at radius 2 is 1.50 bits per heavy atom. The van der Waals surface area contributed by atoms with Gasteiger partial charge in [-0.05, 0) is 47.0 Å². The lowest BCUT2D eigenvalue weighted by molar-refractivity contribution is 0.0597. The first-order valence-corrected chi connectivity index (χ1v) is 15.3. The van der Waals surface area contributed by atoms with Crippen molar-refractivity contribution < 1.29 is 19.0 Å². The average molecular weight is 607 g/mol. The molecule has 1 fully saturated rings. The highest BCUT2D eigenvalue weighted by Gasteiger charge is 2.29. The highest BCUT2D eigenvalue weighted by Crippen LogP contribution is 2.34. The van der Waals surface area contributed by atoms with Crippen LogP contribution in [0.4, 0.5) is 0 Å². The molecule has 0 radical (unpaired) electrons. The molecule has 5 aromatic rings. The summed E-state index contributed by atoms with van der Waals surface area (Å²) in [5.74, 6) is 2.34. The van der Waals surface area contributed by atoms with Gasteiger partial charge in [-0.15, -0.1) is 0 Å². The normalized spacial score (nSPS) is 13.6. The van der Waals surface area contributed by atoms with Crippen molar-refractivity contribution in [3.8, 4) is 22.4 Å². The minimum Gasteiger partial charge on any atom is -0.497 e. The molecule has 44 heavy (non-hydrogen) atoms. The van der Waals surface area contributed by atoms with Crippen LogP contribution >= 0.6 is 11.5 Å². The molecule has 0 atom stereocenters. The maximum absolute atomic E-state index is 13.7. The van der Waals surface area contributed by atoms with Crippen molar-refractivity contribution in [1.82, 2.24) is 19.2 Å². The molecule has 1 aliphatic rings. The molecule has 8 nitrogen and oxygen atoms in total. The van der Waals surface area contributed by atoms with Crippen LogP contribution in [0.25, 0.3) is 0 Å². The van der Waals surface area contributed by atoms with Crippen LogP contribution in [0, 0.1) is 0 Å². The Morgan fingerprint density at radius 3 is 2.16 bits per heavy atom. The average Bonchev–Trinajstić information content (AvgIpc) is 3.52. The Bertz CT molecular complexity index is 1650. The maximum Gasteiger partial charge on any atom is 0.298 e. The number of carbonyl (C=O) groups is 1. The van der Waals surface area contributed by atoms with Crippen molar-refractivity contribution >= 4 is 17.4 Å². The summed E-state index contributed by atoms with van der Waals surface area (Å²) < 4.78 is 21.4. The summed E-state index contributed by atoms with van der Waals surface area (Å²) in [4.78, 5) is 22.6. The van der Waals surface area contributed by atoms with Gasteiger partial charge in [0, 0.05) is 49.7 Å². The fourth-order valence-corrected chi connectivity index (χ4v) is 6.11. The van der Waals surface area contributed by atoms with Crippen LogP contribution < -0.4 is 14.2 Å². The second-order valence-corrected chi connectivity index (χ2v) is 11.2. The molecular formula is C35H34N4O4S. The third-order valence-corrected chi connectivity index (χ3v) is 8.38. The molecule has 0 aliphatic carbocycles. The summed E-state index contributed by atoms with van der Waals surface area (Å²) in [7, 11) is 3.22. The fraction of sp³-hybridized carbons (Fsp3) is 0.229. The SMILES string of the molecule is COc1cccc(Cc2nsc(Oc3cc(C(=O)N4CCN(C(c5ccccc5)c5ccccc5)CC4)ccc3OC)n2)c1. The van der Waals surface area contributed by atoms with E-state index in [9.17, 15) is 4.79 Å². The molecule has 1 amide bonds. The van der Waals surface area contributed by atoms with Gasteiger partial charge in [-0.1, -0.05) is 72.8 Å². The largest absolute Gasteiger partial charge is 0.497 e. The molecule has 1 aliphatic heterocycles. The molecule has 0 N–H and O–H groups in total. The van der Waals surface area contributed by atoms with Gasteiger partial charge in [0.15, 0.2) is 17.3 Å². The number of methoxy groups -OCH3 is 2. The molecule has 224 valence electrons. The van der Waals surface area contributed by atoms with Gasteiger partial charge >= 0.3 is 0 Å². The van der Waals surface area contributed by atoms with Crippen molar-refractivity contribution in [3.05, 3.63) is 131 Å². The van der Waals surface area contributed by atoms with Crippen molar-refractivity contribution in [2.45, 2.75) is 12.5 Å². The van der Waals surface area contributed by atoms with E-state index in [1.54, 1.807) is 32.4 Å². The Hall–Kier alpha value is -4.73. The summed E-state index contributed by atoms with van der Waals surface area (Å²) in [6.07, 6.45) is 0.550. The van der Waals surface area contributed by atoms with Gasteiger partial charge < -0.3 is 19.1 Å². The van der Waals surface area contributed by atoms with Crippen LogP contribution in [0.1, 0.15) is 38.9 Å². The lowest BCUT2D eigenvalue weighted by Gasteiger charge is -2.39. The zero-order valence-electron chi connectivity index (χ0n) is 24.8. The van der Waals surface area contributed by atoms with Gasteiger partial charge in [-0.25, -0.2) is 0 Å². The topological polar surface area (TPSA) is 77.0 Å². The van der Waals surface area contributed by atoms with Crippen LogP contribution in [-0.4, -0.2) is 65.5 Å². The minimum atomic E-state index is -0.0379. The molecule has 4 aromatic carbocycles. The Labute approximate surface area is 261 Å². The number of aromatic nitrogens is 2. The number of amides is 1. The summed E-state index contributed by atoms with van der Waals surface area (Å²) in [5.41, 5.74) is 4.08. The first-order chi connectivity index (χ1) is 21.6. The Morgan fingerprint density at radius 1 is 0.795 bits per heavy atom. The zero-order valence-corrected chi connectivity index (χ0v) is 25.6. The van der Waals surface area contributed by atoms with Crippen molar-refractivity contribution in [2.24, 2.45) is 0 Å². The quantitative estimate of drug-likeness (QED) is 0.180. The Kier molecular flexibility index (Phi) is 9.14. The van der Waals surface area contributed by atoms with Crippen molar-refractivity contribution in [3.63, 3.8) is 0 Å². The number of carbonyl (C=O) groups excluding carboxylic acids is 1. The van der Waals surface area contributed by atoms with E-state index in [1.165, 1.54) is 11.1 Å². The number of nitrogens with zero attached hydrogens (tertiary/aromatic N) is 4. The zero-order chi connectivity index (χ0) is 30.3. The molecule has 1 aromatic heterocycles. The molecule has 1 saturated heterocycles. The maximum atomic E-state index is 13.7. The number of rotatable bonds is 10. The summed E-state index contributed by atoms with van der Waals surface area (Å²) in [6, 6.07) is 34.3. The highest BCUT2D eigenvalue weighted by molar-refractivity contribution is 7.07. The third kappa shape index (κ3) is 6.74. The molecule has 0 unspecified atom stereocenters. The van der Waals surface area contributed by atoms with Gasteiger partial charge in [-0.3, -0.25) is 9.69 Å². The number of piperazine rings is 1. The van der Waals surface area contributed by atoms with E-state index in [1.807, 2.05) is 41.3 Å². The fourth-order valence-electron chi connectivity index (χ4n) is 5.55. The van der Waals surface area contributed by atoms with E-state index < -0.39 is 0 Å². The minimum absolute atomic E-state index is 0.0379. The van der Waals surface area contributed by atoms with E-state index in [-0.39, 0.29) is 11.9 Å². The molecule has 0 bridgehead atoms. The number of benzene rings is 4. The molecule has 6 rings (SSSR count). The number of ether oxygens (including phenoxy) is 3. The van der Waals surface area contributed by atoms with E-state index >= 15 is 0 Å². The van der Waals surface area contributed by atoms with Crippen LogP contribution in [0.3, 0.4) is 0 Å². The van der Waals surface area contributed by atoms with E-state index in [0.717, 1.165) is 35.9 Å². The van der Waals surface area contributed by atoms with Gasteiger partial charge in [0.2, 0.25) is 0 Å². The standard InChI is InChI=1S/C35H34N4O4S/c1-41-29-15-9-10-25(22-29)23-32-36-35(44-37-32)43-31-24-28(16-17-30(31)42-2)34(40)39-20-18-38(19-21-39)33(26-11-5-3-6-12-26)27-13-7-4-8-14-27/h3-17,22,24,33H,18-21,23H2,1-2H3. The van der Waals surface area contributed by atoms with Gasteiger partial charge in [0.25, 0.3) is 11.1 Å².